The van der Waals surface area contributed by atoms with Gasteiger partial charge in [0.25, 0.3) is 7.82 Å². The van der Waals surface area contributed by atoms with E-state index in [0.29, 0.717) is 23.9 Å². The number of esters is 2. The fourth-order valence-electron chi connectivity index (χ4n) is 8.51. The van der Waals surface area contributed by atoms with E-state index in [1.807, 2.05) is 21.1 Å². The van der Waals surface area contributed by atoms with Crippen molar-refractivity contribution in [3.05, 3.63) is 72.9 Å². The quantitative estimate of drug-likeness (QED) is 0.0195. The zero-order valence-electron chi connectivity index (χ0n) is 48.8. The fraction of sp³-hybridized carbons (Fsp3) is 0.781. The van der Waals surface area contributed by atoms with Gasteiger partial charge in [0.1, 0.15) is 19.8 Å². The number of allylic oxidation sites excluding steroid dienone is 12. The molecular weight excluding hydrogens is 942 g/mol. The first kappa shape index (κ1) is 71.5. The summed E-state index contributed by atoms with van der Waals surface area (Å²) in [5, 5.41) is 0. The summed E-state index contributed by atoms with van der Waals surface area (Å²) in [7, 11) is 1.16. The van der Waals surface area contributed by atoms with E-state index in [1.165, 1.54) is 141 Å². The Hall–Kier alpha value is -2.55. The Kier molecular flexibility index (Phi) is 53.3. The predicted molar refractivity (Wildman–Crippen MR) is 314 cm³/mol. The maximum Gasteiger partial charge on any atom is 0.306 e. The van der Waals surface area contributed by atoms with E-state index < -0.39 is 32.5 Å². The molecule has 0 aromatic heterocycles. The number of phosphoric ester groups is 1. The van der Waals surface area contributed by atoms with Crippen molar-refractivity contribution in [2.75, 3.05) is 47.5 Å². The Morgan fingerprint density at radius 3 is 1.15 bits per heavy atom. The third-order valence-corrected chi connectivity index (χ3v) is 14.2. The molecule has 430 valence electrons. The van der Waals surface area contributed by atoms with Crippen LogP contribution in [0.5, 0.6) is 0 Å². The van der Waals surface area contributed by atoms with Crippen molar-refractivity contribution in [2.24, 2.45) is 0 Å². The number of hydrogen-bond donors (Lipinski definition) is 0. The molecule has 2 unspecified atom stereocenters. The molecule has 0 aliphatic heterocycles. The highest BCUT2D eigenvalue weighted by atomic mass is 31.2. The van der Waals surface area contributed by atoms with Crippen LogP contribution in [0.25, 0.3) is 0 Å². The topological polar surface area (TPSA) is 111 Å². The summed E-state index contributed by atoms with van der Waals surface area (Å²) >= 11 is 0. The summed E-state index contributed by atoms with van der Waals surface area (Å²) in [4.78, 5) is 37.8. The molecule has 0 heterocycles. The first-order valence-electron chi connectivity index (χ1n) is 30.6. The number of likely N-dealkylation sites (N-methyl/N-ethyl adjacent to an activating group) is 1. The number of unbranched alkanes of at least 4 members (excludes halogenated alkanes) is 30. The molecule has 0 aromatic rings. The van der Waals surface area contributed by atoms with Gasteiger partial charge in [-0.2, -0.15) is 0 Å². The maximum absolute atomic E-state index is 12.8. The van der Waals surface area contributed by atoms with Gasteiger partial charge in [0.15, 0.2) is 6.10 Å². The van der Waals surface area contributed by atoms with Crippen LogP contribution in [0, 0.1) is 0 Å². The van der Waals surface area contributed by atoms with Gasteiger partial charge in [-0.25, -0.2) is 0 Å². The maximum atomic E-state index is 12.8. The highest BCUT2D eigenvalue weighted by Gasteiger charge is 2.22. The fourth-order valence-corrected chi connectivity index (χ4v) is 9.24. The molecule has 0 rings (SSSR count). The molecule has 0 radical (unpaired) electrons. The van der Waals surface area contributed by atoms with Gasteiger partial charge in [0.05, 0.1) is 27.7 Å². The summed E-state index contributed by atoms with van der Waals surface area (Å²) in [6.07, 6.45) is 72.7. The van der Waals surface area contributed by atoms with Gasteiger partial charge in [-0.15, -0.1) is 0 Å². The predicted octanol–water partition coefficient (Wildman–Crippen LogP) is 18.6. The Morgan fingerprint density at radius 1 is 0.432 bits per heavy atom. The lowest BCUT2D eigenvalue weighted by Crippen LogP contribution is -2.37. The third-order valence-electron chi connectivity index (χ3n) is 13.2. The number of phosphoric acid groups is 1. The number of ether oxygens (including phenoxy) is 2. The Balaban J connectivity index is 3.92. The molecule has 10 heteroatoms. The van der Waals surface area contributed by atoms with E-state index in [2.05, 4.69) is 86.8 Å². The van der Waals surface area contributed by atoms with Gasteiger partial charge in [0, 0.05) is 12.8 Å². The zero-order chi connectivity index (χ0) is 54.2. The van der Waals surface area contributed by atoms with Crippen LogP contribution in [0.15, 0.2) is 72.9 Å². The molecule has 0 fully saturated rings. The van der Waals surface area contributed by atoms with E-state index in [0.717, 1.165) is 89.9 Å². The Bertz CT molecular complexity index is 1480. The smallest absolute Gasteiger partial charge is 0.306 e. The lowest BCUT2D eigenvalue weighted by molar-refractivity contribution is -0.870. The number of carbonyl (C=O) groups excluding carboxylic acids is 2. The molecule has 74 heavy (non-hydrogen) atoms. The molecule has 2 atom stereocenters. The summed E-state index contributed by atoms with van der Waals surface area (Å²) < 4.78 is 34.1. The minimum Gasteiger partial charge on any atom is -0.756 e. The van der Waals surface area contributed by atoms with E-state index in [4.69, 9.17) is 18.5 Å². The minimum atomic E-state index is -4.64. The normalized spacial score (nSPS) is 13.8. The van der Waals surface area contributed by atoms with Gasteiger partial charge in [0.2, 0.25) is 0 Å². The second-order valence-electron chi connectivity index (χ2n) is 21.7. The summed E-state index contributed by atoms with van der Waals surface area (Å²) in [6, 6.07) is 0. The van der Waals surface area contributed by atoms with Crippen LogP contribution in [-0.4, -0.2) is 70.0 Å². The number of carbonyl (C=O) groups is 2. The van der Waals surface area contributed by atoms with Gasteiger partial charge in [-0.3, -0.25) is 14.2 Å². The van der Waals surface area contributed by atoms with Crippen LogP contribution in [0.3, 0.4) is 0 Å². The molecule has 0 aliphatic rings. The first-order chi connectivity index (χ1) is 36.0. The van der Waals surface area contributed by atoms with Crippen molar-refractivity contribution in [1.82, 2.24) is 0 Å². The largest absolute Gasteiger partial charge is 0.756 e. The number of rotatable bonds is 56. The van der Waals surface area contributed by atoms with Gasteiger partial charge in [-0.1, -0.05) is 254 Å². The van der Waals surface area contributed by atoms with Gasteiger partial charge >= 0.3 is 11.9 Å². The van der Waals surface area contributed by atoms with Crippen LogP contribution in [0.1, 0.15) is 271 Å². The Labute approximate surface area is 457 Å². The van der Waals surface area contributed by atoms with Crippen molar-refractivity contribution in [3.63, 3.8) is 0 Å². The second-order valence-corrected chi connectivity index (χ2v) is 23.1. The van der Waals surface area contributed by atoms with Crippen LogP contribution >= 0.6 is 7.82 Å². The average molecular weight is 1060 g/mol. The van der Waals surface area contributed by atoms with Crippen molar-refractivity contribution in [2.45, 2.75) is 277 Å². The number of quaternary nitrogens is 1. The van der Waals surface area contributed by atoms with E-state index in [9.17, 15) is 19.0 Å². The van der Waals surface area contributed by atoms with E-state index >= 15 is 0 Å². The van der Waals surface area contributed by atoms with E-state index in [1.54, 1.807) is 0 Å². The average Bonchev–Trinajstić information content (AvgIpc) is 3.36. The second kappa shape index (κ2) is 55.2. The molecule has 0 N–H and O–H groups in total. The van der Waals surface area contributed by atoms with E-state index in [-0.39, 0.29) is 26.1 Å². The third kappa shape index (κ3) is 58.7. The summed E-state index contributed by atoms with van der Waals surface area (Å²) in [5.41, 5.74) is 0. The molecule has 0 saturated heterocycles. The van der Waals surface area contributed by atoms with Gasteiger partial charge < -0.3 is 27.9 Å². The first-order valence-corrected chi connectivity index (χ1v) is 32.1. The van der Waals surface area contributed by atoms with Crippen molar-refractivity contribution >= 4 is 19.8 Å². The van der Waals surface area contributed by atoms with Crippen molar-refractivity contribution in [3.8, 4) is 0 Å². The van der Waals surface area contributed by atoms with Crippen molar-refractivity contribution in [1.29, 1.82) is 0 Å². The molecule has 0 aromatic carbocycles. The molecule has 9 nitrogen and oxygen atoms in total. The molecule has 0 aliphatic carbocycles. The molecule has 0 spiro atoms. The highest BCUT2D eigenvalue weighted by Crippen LogP contribution is 2.38. The SMILES string of the molecule is CC/C=C\C/C=C\C/C=C\C/C=C\CCCCCCCCCCCCCCCCCCCCCCCCCCC(=O)OC(COC(=O)CCCCCCC/C=C\C/C=C\CCC)COP(=O)([O-])OCC[N+](C)(C)C. The summed E-state index contributed by atoms with van der Waals surface area (Å²) in [5.74, 6) is -0.843. The molecule has 0 saturated carbocycles. The van der Waals surface area contributed by atoms with Crippen molar-refractivity contribution < 1.29 is 42.1 Å². The van der Waals surface area contributed by atoms with Crippen LogP contribution < -0.4 is 4.89 Å². The monoisotopic (exact) mass is 1060 g/mol. The summed E-state index contributed by atoms with van der Waals surface area (Å²) in [6.45, 7) is 4.06. The van der Waals surface area contributed by atoms with Crippen LogP contribution in [-0.2, 0) is 32.7 Å². The lowest BCUT2D eigenvalue weighted by Gasteiger charge is -2.28. The number of hydrogen-bond acceptors (Lipinski definition) is 8. The molecule has 0 amide bonds. The highest BCUT2D eigenvalue weighted by molar-refractivity contribution is 7.45. The zero-order valence-corrected chi connectivity index (χ0v) is 49.7. The molecule has 0 bridgehead atoms. The minimum absolute atomic E-state index is 0.0334. The van der Waals surface area contributed by atoms with Crippen LogP contribution in [0.4, 0.5) is 0 Å². The molecular formula is C64H116NO8P. The van der Waals surface area contributed by atoms with Crippen LogP contribution in [0.2, 0.25) is 0 Å². The lowest BCUT2D eigenvalue weighted by atomic mass is 10.0. The number of nitrogens with zero attached hydrogens (tertiary/aromatic N) is 1. The Morgan fingerprint density at radius 2 is 0.770 bits per heavy atom. The van der Waals surface area contributed by atoms with Gasteiger partial charge in [-0.05, 0) is 77.0 Å². The standard InChI is InChI=1S/C64H116NO8P/c1-6-8-10-12-14-16-18-20-21-22-23-24-25-26-27-28-29-30-31-32-33-34-35-36-37-38-39-40-41-42-43-45-47-49-51-53-55-57-64(67)73-62(61-72-74(68,69)71-59-58-65(3,4)5)60-70-63(66)56-54-52-50-48-46-44-19-17-15-13-11-9-7-2/h8,10-11,13-14,16-17,19-21,23-24,62H,6-7,9,12,15,18,22,25-61H2,1-5H3/b10-8-,13-11-,16-14-,19-17-,21-20-,24-23-.